The van der Waals surface area contributed by atoms with Gasteiger partial charge in [0.25, 0.3) is 0 Å². The third-order valence-corrected chi connectivity index (χ3v) is 4.98. The molecule has 0 bridgehead atoms. The van der Waals surface area contributed by atoms with Crippen molar-refractivity contribution in [2.24, 2.45) is 0 Å². The van der Waals surface area contributed by atoms with E-state index in [4.69, 9.17) is 4.74 Å². The van der Waals surface area contributed by atoms with E-state index in [1.165, 1.54) is 5.56 Å². The number of ether oxygens (including phenoxy) is 1. The lowest BCUT2D eigenvalue weighted by Gasteiger charge is -2.21. The molecule has 2 aromatic carbocycles. The van der Waals surface area contributed by atoms with E-state index in [1.807, 2.05) is 31.3 Å². The van der Waals surface area contributed by atoms with E-state index in [1.54, 1.807) is 7.11 Å². The zero-order valence-electron chi connectivity index (χ0n) is 11.1. The van der Waals surface area contributed by atoms with Crippen LogP contribution in [0, 0.1) is 0 Å². The highest BCUT2D eigenvalue weighted by Crippen LogP contribution is 2.35. The van der Waals surface area contributed by atoms with Gasteiger partial charge in [0.05, 0.1) is 13.2 Å². The largest absolute Gasteiger partial charge is 0.497 e. The molecule has 20 heavy (non-hydrogen) atoms. The van der Waals surface area contributed by atoms with Crippen LogP contribution in [0.15, 0.2) is 49.8 Å². The Morgan fingerprint density at radius 2 is 1.70 bits per heavy atom. The van der Waals surface area contributed by atoms with Crippen LogP contribution in [0.25, 0.3) is 0 Å². The summed E-state index contributed by atoms with van der Waals surface area (Å²) in [5.41, 5.74) is 2.33. The molecule has 0 radical (unpaired) electrons. The molecule has 2 rings (SSSR count). The van der Waals surface area contributed by atoms with Crippen molar-refractivity contribution in [3.8, 4) is 5.75 Å². The van der Waals surface area contributed by atoms with Gasteiger partial charge in [-0.15, -0.1) is 0 Å². The molecule has 0 heterocycles. The highest BCUT2D eigenvalue weighted by molar-refractivity contribution is 9.11. The number of hydrogen-bond acceptors (Lipinski definition) is 2. The summed E-state index contributed by atoms with van der Waals surface area (Å²) in [6.07, 6.45) is 0. The van der Waals surface area contributed by atoms with Crippen molar-refractivity contribution in [3.05, 3.63) is 60.9 Å². The number of methoxy groups -OCH3 is 1. The summed E-state index contributed by atoms with van der Waals surface area (Å²) < 4.78 is 8.39. The molecule has 0 aliphatic heterocycles. The molecule has 2 aromatic rings. The summed E-state index contributed by atoms with van der Waals surface area (Å²) in [4.78, 5) is 0. The van der Waals surface area contributed by atoms with Crippen LogP contribution in [0.4, 0.5) is 0 Å². The second-order valence-electron chi connectivity index (χ2n) is 4.27. The SMILES string of the molecule is CNC(c1ccc(OC)cc1Br)c1cc(Br)ccc1Br. The first kappa shape index (κ1) is 16.0. The fourth-order valence-electron chi connectivity index (χ4n) is 2.08. The maximum atomic E-state index is 5.24. The molecule has 5 heteroatoms. The van der Waals surface area contributed by atoms with Gasteiger partial charge in [0.15, 0.2) is 0 Å². The van der Waals surface area contributed by atoms with Crippen LogP contribution in [-0.2, 0) is 0 Å². The van der Waals surface area contributed by atoms with Crippen molar-refractivity contribution < 1.29 is 4.74 Å². The van der Waals surface area contributed by atoms with Crippen molar-refractivity contribution in [3.63, 3.8) is 0 Å². The molecule has 0 saturated heterocycles. The van der Waals surface area contributed by atoms with Gasteiger partial charge in [0.1, 0.15) is 5.75 Å². The fourth-order valence-corrected chi connectivity index (χ4v) is 3.52. The smallest absolute Gasteiger partial charge is 0.120 e. The molecule has 0 fully saturated rings. The highest BCUT2D eigenvalue weighted by Gasteiger charge is 2.18. The molecule has 1 unspecified atom stereocenters. The first-order valence-corrected chi connectivity index (χ1v) is 8.40. The van der Waals surface area contributed by atoms with Crippen LogP contribution >= 0.6 is 47.8 Å². The number of benzene rings is 2. The Labute approximate surface area is 144 Å². The average Bonchev–Trinajstić information content (AvgIpc) is 2.44. The standard InChI is InChI=1S/C15H14Br3NO/c1-19-15(12-7-9(16)3-6-13(12)17)11-5-4-10(20-2)8-14(11)18/h3-8,15,19H,1-2H3. The van der Waals surface area contributed by atoms with Crippen LogP contribution in [0.5, 0.6) is 5.75 Å². The molecule has 0 spiro atoms. The summed E-state index contributed by atoms with van der Waals surface area (Å²) in [7, 11) is 3.62. The topological polar surface area (TPSA) is 21.3 Å². The van der Waals surface area contributed by atoms with E-state index in [2.05, 4.69) is 65.2 Å². The zero-order chi connectivity index (χ0) is 14.7. The fraction of sp³-hybridized carbons (Fsp3) is 0.200. The van der Waals surface area contributed by atoms with E-state index < -0.39 is 0 Å². The normalized spacial score (nSPS) is 12.2. The minimum absolute atomic E-state index is 0.0853. The minimum Gasteiger partial charge on any atom is -0.497 e. The molecule has 0 amide bonds. The summed E-state index contributed by atoms with van der Waals surface area (Å²) >= 11 is 10.8. The van der Waals surface area contributed by atoms with Crippen molar-refractivity contribution >= 4 is 47.8 Å². The van der Waals surface area contributed by atoms with Crippen LogP contribution in [0.1, 0.15) is 17.2 Å². The molecule has 2 nitrogen and oxygen atoms in total. The Hall–Kier alpha value is -0.360. The van der Waals surface area contributed by atoms with Gasteiger partial charge in [0, 0.05) is 13.4 Å². The van der Waals surface area contributed by atoms with Crippen LogP contribution in [0.2, 0.25) is 0 Å². The second-order valence-corrected chi connectivity index (χ2v) is 6.90. The van der Waals surface area contributed by atoms with E-state index in [0.29, 0.717) is 0 Å². The first-order valence-electron chi connectivity index (χ1n) is 6.02. The van der Waals surface area contributed by atoms with E-state index in [-0.39, 0.29) is 6.04 Å². The maximum absolute atomic E-state index is 5.24. The van der Waals surface area contributed by atoms with Crippen molar-refractivity contribution in [2.45, 2.75) is 6.04 Å². The second kappa shape index (κ2) is 7.07. The van der Waals surface area contributed by atoms with Gasteiger partial charge in [-0.05, 0) is 48.5 Å². The van der Waals surface area contributed by atoms with Gasteiger partial charge in [-0.3, -0.25) is 0 Å². The number of nitrogens with one attached hydrogen (secondary N) is 1. The molecule has 1 atom stereocenters. The van der Waals surface area contributed by atoms with Crippen molar-refractivity contribution in [2.75, 3.05) is 14.2 Å². The Kier molecular flexibility index (Phi) is 5.66. The lowest BCUT2D eigenvalue weighted by atomic mass is 9.99. The van der Waals surface area contributed by atoms with Crippen molar-refractivity contribution in [1.82, 2.24) is 5.32 Å². The Morgan fingerprint density at radius 1 is 0.950 bits per heavy atom. The number of halogens is 3. The lowest BCUT2D eigenvalue weighted by Crippen LogP contribution is -2.18. The minimum atomic E-state index is 0.0853. The Bertz CT molecular complexity index is 616. The summed E-state index contributed by atoms with van der Waals surface area (Å²) in [6, 6.07) is 12.3. The third kappa shape index (κ3) is 3.45. The molecular formula is C15H14Br3NO. The summed E-state index contributed by atoms with van der Waals surface area (Å²) in [6.45, 7) is 0. The predicted molar refractivity (Wildman–Crippen MR) is 93.4 cm³/mol. The van der Waals surface area contributed by atoms with E-state index >= 15 is 0 Å². The van der Waals surface area contributed by atoms with E-state index in [9.17, 15) is 0 Å². The van der Waals surface area contributed by atoms with Gasteiger partial charge >= 0.3 is 0 Å². The van der Waals surface area contributed by atoms with Gasteiger partial charge in [-0.2, -0.15) is 0 Å². The molecule has 0 aliphatic rings. The quantitative estimate of drug-likeness (QED) is 0.665. The van der Waals surface area contributed by atoms with Crippen LogP contribution < -0.4 is 10.1 Å². The highest BCUT2D eigenvalue weighted by atomic mass is 79.9. The monoisotopic (exact) mass is 461 g/mol. The van der Waals surface area contributed by atoms with Gasteiger partial charge in [0.2, 0.25) is 0 Å². The van der Waals surface area contributed by atoms with Gasteiger partial charge < -0.3 is 10.1 Å². The molecule has 0 saturated carbocycles. The number of hydrogen-bond donors (Lipinski definition) is 1. The third-order valence-electron chi connectivity index (χ3n) is 3.08. The van der Waals surface area contributed by atoms with E-state index in [0.717, 1.165) is 24.7 Å². The van der Waals surface area contributed by atoms with Crippen molar-refractivity contribution in [1.29, 1.82) is 0 Å². The van der Waals surface area contributed by atoms with Gasteiger partial charge in [-0.25, -0.2) is 0 Å². The zero-order valence-corrected chi connectivity index (χ0v) is 15.8. The summed E-state index contributed by atoms with van der Waals surface area (Å²) in [5.74, 6) is 0.837. The predicted octanol–water partition coefficient (Wildman–Crippen LogP) is 5.29. The Balaban J connectivity index is 2.49. The first-order chi connectivity index (χ1) is 9.56. The molecular weight excluding hydrogens is 450 g/mol. The van der Waals surface area contributed by atoms with Crippen LogP contribution in [0.3, 0.4) is 0 Å². The maximum Gasteiger partial charge on any atom is 0.120 e. The molecule has 106 valence electrons. The lowest BCUT2D eigenvalue weighted by molar-refractivity contribution is 0.414. The molecule has 1 N–H and O–H groups in total. The average molecular weight is 464 g/mol. The van der Waals surface area contributed by atoms with Gasteiger partial charge in [-0.1, -0.05) is 53.9 Å². The van der Waals surface area contributed by atoms with Crippen LogP contribution in [-0.4, -0.2) is 14.2 Å². The number of rotatable bonds is 4. The summed E-state index contributed by atoms with van der Waals surface area (Å²) in [5, 5.41) is 3.36. The molecule has 0 aliphatic carbocycles. The Morgan fingerprint density at radius 3 is 2.30 bits per heavy atom. The molecule has 0 aromatic heterocycles.